The molecule has 0 rings (SSSR count). The maximum absolute atomic E-state index is 13.5. The molecule has 9 nitrogen and oxygen atoms in total. The zero-order chi connectivity index (χ0) is 51.5. The Balaban J connectivity index is 5.28. The van der Waals surface area contributed by atoms with Gasteiger partial charge >= 0.3 is 5.97 Å². The maximum atomic E-state index is 13.5. The Hall–Kier alpha value is -2.29. The fourth-order valence-electron chi connectivity index (χ4n) is 8.18. The lowest BCUT2D eigenvalue weighted by Crippen LogP contribution is -2.47. The second-order valence-electron chi connectivity index (χ2n) is 20.8. The van der Waals surface area contributed by atoms with Crippen molar-refractivity contribution in [3.05, 3.63) is 60.8 Å². The first-order chi connectivity index (χ1) is 33.9. The Morgan fingerprint density at radius 2 is 0.914 bits per heavy atom. The van der Waals surface area contributed by atoms with Gasteiger partial charge in [0.25, 0.3) is 7.82 Å². The van der Waals surface area contributed by atoms with Gasteiger partial charge in [0.15, 0.2) is 0 Å². The predicted molar refractivity (Wildman–Crippen MR) is 298 cm³/mol. The fourth-order valence-corrected chi connectivity index (χ4v) is 8.90. The average molecular weight is 1000 g/mol. The van der Waals surface area contributed by atoms with Crippen LogP contribution in [0.2, 0.25) is 0 Å². The van der Waals surface area contributed by atoms with Crippen LogP contribution in [0.3, 0.4) is 0 Å². The van der Waals surface area contributed by atoms with Crippen LogP contribution in [0.15, 0.2) is 60.8 Å². The number of ether oxygens (including phenoxy) is 1. The van der Waals surface area contributed by atoms with Gasteiger partial charge in [0.1, 0.15) is 19.3 Å². The molecule has 3 atom stereocenters. The van der Waals surface area contributed by atoms with E-state index < -0.39 is 26.6 Å². The quantitative estimate of drug-likeness (QED) is 0.0212. The number of likely N-dealkylation sites (N-methyl/N-ethyl adjacent to an activating group) is 1. The summed E-state index contributed by atoms with van der Waals surface area (Å²) in [7, 11) is 1.17. The largest absolute Gasteiger partial charge is 0.756 e. The van der Waals surface area contributed by atoms with Gasteiger partial charge < -0.3 is 28.5 Å². The summed E-state index contributed by atoms with van der Waals surface area (Å²) in [6, 6.07) is -0.893. The second-order valence-corrected chi connectivity index (χ2v) is 22.2. The van der Waals surface area contributed by atoms with Crippen molar-refractivity contribution in [1.82, 2.24) is 5.32 Å². The summed E-state index contributed by atoms with van der Waals surface area (Å²) in [6.45, 7) is 6.70. The number of esters is 1. The van der Waals surface area contributed by atoms with Gasteiger partial charge in [0, 0.05) is 12.8 Å². The number of amides is 1. The molecule has 0 aromatic heterocycles. The van der Waals surface area contributed by atoms with Crippen molar-refractivity contribution in [1.29, 1.82) is 0 Å². The maximum Gasteiger partial charge on any atom is 0.306 e. The Bertz CT molecular complexity index is 1390. The van der Waals surface area contributed by atoms with Gasteiger partial charge in [-0.15, -0.1) is 0 Å². The molecule has 0 aromatic carbocycles. The molecule has 1 N–H and O–H groups in total. The minimum atomic E-state index is -4.70. The summed E-state index contributed by atoms with van der Waals surface area (Å²) in [4.78, 5) is 39.8. The number of nitrogens with one attached hydrogen (secondary N) is 1. The van der Waals surface area contributed by atoms with E-state index in [0.29, 0.717) is 17.4 Å². The number of quaternary nitrogens is 1. The minimum Gasteiger partial charge on any atom is -0.756 e. The van der Waals surface area contributed by atoms with Crippen molar-refractivity contribution in [2.24, 2.45) is 0 Å². The van der Waals surface area contributed by atoms with Crippen LogP contribution in [-0.2, 0) is 27.9 Å². The van der Waals surface area contributed by atoms with Crippen LogP contribution in [0.25, 0.3) is 0 Å². The molecule has 0 saturated carbocycles. The van der Waals surface area contributed by atoms with E-state index in [1.54, 1.807) is 0 Å². The number of nitrogens with zero attached hydrogens (tertiary/aromatic N) is 1. The van der Waals surface area contributed by atoms with E-state index in [2.05, 4.69) is 74.7 Å². The number of hydrogen-bond donors (Lipinski definition) is 1. The Morgan fingerprint density at radius 3 is 1.39 bits per heavy atom. The Labute approximate surface area is 432 Å². The van der Waals surface area contributed by atoms with Crippen molar-refractivity contribution in [3.63, 3.8) is 0 Å². The normalized spacial score (nSPS) is 14.2. The van der Waals surface area contributed by atoms with Crippen LogP contribution in [-0.4, -0.2) is 69.4 Å². The molecule has 3 unspecified atom stereocenters. The topological polar surface area (TPSA) is 114 Å². The van der Waals surface area contributed by atoms with Crippen LogP contribution >= 0.6 is 7.82 Å². The van der Waals surface area contributed by atoms with E-state index >= 15 is 0 Å². The molecule has 0 aliphatic carbocycles. The van der Waals surface area contributed by atoms with Crippen LogP contribution < -0.4 is 10.2 Å². The summed E-state index contributed by atoms with van der Waals surface area (Å²) in [6.07, 6.45) is 61.8. The molecule has 408 valence electrons. The van der Waals surface area contributed by atoms with E-state index in [-0.39, 0.29) is 24.9 Å². The van der Waals surface area contributed by atoms with Gasteiger partial charge in [-0.1, -0.05) is 217 Å². The van der Waals surface area contributed by atoms with Crippen LogP contribution in [0.5, 0.6) is 0 Å². The number of carbonyl (C=O) groups excluding carboxylic acids is 2. The highest BCUT2D eigenvalue weighted by Gasteiger charge is 2.27. The van der Waals surface area contributed by atoms with Gasteiger partial charge in [-0.2, -0.15) is 0 Å². The third-order valence-corrected chi connectivity index (χ3v) is 13.6. The first-order valence-electron chi connectivity index (χ1n) is 29.1. The summed E-state index contributed by atoms with van der Waals surface area (Å²) in [5.41, 5.74) is 0. The van der Waals surface area contributed by atoms with Gasteiger partial charge in [-0.3, -0.25) is 14.2 Å². The molecule has 0 aliphatic rings. The highest BCUT2D eigenvalue weighted by molar-refractivity contribution is 7.45. The molecule has 0 saturated heterocycles. The Kier molecular flexibility index (Phi) is 48.6. The number of allylic oxidation sites excluding steroid dienone is 9. The standard InChI is InChI=1S/C60H111N2O7P/c1-7-10-13-16-19-22-25-27-29-30-31-32-33-35-38-41-44-47-50-53-60(64)69-58(51-48-45-42-39-36-24-21-18-15-12-9-3)57(56-68-70(65,66)67-55-54-62(4,5)6)61-59(63)52-49-46-43-40-37-34-28-26-23-20-17-14-11-8-2/h11,14,19-20,22-23,27,29,48,51,57-58H,7-10,12-13,15-18,21,24-26,28,30-47,49-50,52-56H2,1-6H3,(H-,61,63,65,66)/b14-11+,22-19-,23-20+,29-27-,51-48+. The minimum absolute atomic E-state index is 0.0259. The molecule has 1 amide bonds. The number of rotatable bonds is 52. The number of phosphoric ester groups is 1. The summed E-state index contributed by atoms with van der Waals surface area (Å²) >= 11 is 0. The summed E-state index contributed by atoms with van der Waals surface area (Å²) < 4.78 is 30.2. The average Bonchev–Trinajstić information content (AvgIpc) is 3.32. The third-order valence-electron chi connectivity index (χ3n) is 12.7. The van der Waals surface area contributed by atoms with Gasteiger partial charge in [0.2, 0.25) is 5.91 Å². The lowest BCUT2D eigenvalue weighted by Gasteiger charge is -2.30. The molecule has 70 heavy (non-hydrogen) atoms. The van der Waals surface area contributed by atoms with E-state index in [0.717, 1.165) is 103 Å². The van der Waals surface area contributed by atoms with E-state index in [1.165, 1.54) is 122 Å². The van der Waals surface area contributed by atoms with Crippen LogP contribution in [0, 0.1) is 0 Å². The van der Waals surface area contributed by atoms with Crippen molar-refractivity contribution < 1.29 is 37.3 Å². The lowest BCUT2D eigenvalue weighted by molar-refractivity contribution is -0.870. The van der Waals surface area contributed by atoms with E-state index in [4.69, 9.17) is 13.8 Å². The molecule has 0 fully saturated rings. The summed E-state index contributed by atoms with van der Waals surface area (Å²) in [5.74, 6) is -0.554. The smallest absolute Gasteiger partial charge is 0.306 e. The molecule has 0 aromatic rings. The number of phosphoric acid groups is 1. The van der Waals surface area contributed by atoms with Crippen molar-refractivity contribution >= 4 is 19.7 Å². The van der Waals surface area contributed by atoms with Gasteiger partial charge in [-0.05, 0) is 89.5 Å². The number of hydrogen-bond acceptors (Lipinski definition) is 7. The molecule has 0 bridgehead atoms. The Morgan fingerprint density at radius 1 is 0.514 bits per heavy atom. The summed E-state index contributed by atoms with van der Waals surface area (Å²) in [5, 5.41) is 3.01. The van der Waals surface area contributed by atoms with Gasteiger partial charge in [0.05, 0.1) is 33.8 Å². The SMILES string of the molecule is CC/C=C/C/C=C/CCCCCCCCCC(=O)NC(COP(=O)([O-])OCC[N+](C)(C)C)C(/C=C/CCCCCCCCCCC)OC(=O)CCCCCCCCCCC/C=C\C/C=C\CCCCC. The molecular weight excluding hydrogens is 892 g/mol. The monoisotopic (exact) mass is 1000 g/mol. The first kappa shape index (κ1) is 67.7. The highest BCUT2D eigenvalue weighted by atomic mass is 31.2. The molecule has 0 radical (unpaired) electrons. The number of carbonyl (C=O) groups is 2. The fraction of sp³-hybridized carbons (Fsp3) is 0.800. The van der Waals surface area contributed by atoms with E-state index in [1.807, 2.05) is 33.3 Å². The highest BCUT2D eigenvalue weighted by Crippen LogP contribution is 2.38. The lowest BCUT2D eigenvalue weighted by atomic mass is 10.0. The zero-order valence-electron chi connectivity index (χ0n) is 46.5. The first-order valence-corrected chi connectivity index (χ1v) is 30.6. The van der Waals surface area contributed by atoms with Crippen molar-refractivity contribution in [2.45, 2.75) is 270 Å². The van der Waals surface area contributed by atoms with Crippen molar-refractivity contribution in [3.8, 4) is 0 Å². The molecule has 0 aliphatic heterocycles. The van der Waals surface area contributed by atoms with Gasteiger partial charge in [-0.25, -0.2) is 0 Å². The molecule has 0 spiro atoms. The van der Waals surface area contributed by atoms with Crippen molar-refractivity contribution in [2.75, 3.05) is 40.9 Å². The molecule has 10 heteroatoms. The molecule has 0 heterocycles. The van der Waals surface area contributed by atoms with Crippen LogP contribution in [0.1, 0.15) is 258 Å². The van der Waals surface area contributed by atoms with E-state index in [9.17, 15) is 19.0 Å². The van der Waals surface area contributed by atoms with Crippen LogP contribution in [0.4, 0.5) is 0 Å². The second kappa shape index (κ2) is 50.3. The molecular formula is C60H111N2O7P. The number of unbranched alkanes of at least 4 members (excludes halogenated alkanes) is 28. The predicted octanol–water partition coefficient (Wildman–Crippen LogP) is 16.9. The zero-order valence-corrected chi connectivity index (χ0v) is 47.4. The third kappa shape index (κ3) is 50.6.